The van der Waals surface area contributed by atoms with E-state index in [4.69, 9.17) is 20.6 Å². The van der Waals surface area contributed by atoms with Crippen molar-refractivity contribution in [2.75, 3.05) is 14.2 Å². The van der Waals surface area contributed by atoms with Gasteiger partial charge in [0, 0.05) is 17.7 Å². The molecule has 0 aliphatic heterocycles. The number of rotatable bonds is 7. The molecule has 0 aliphatic rings. The lowest BCUT2D eigenvalue weighted by Crippen LogP contribution is -2.23. The van der Waals surface area contributed by atoms with Crippen LogP contribution in [0.1, 0.15) is 31.8 Å². The summed E-state index contributed by atoms with van der Waals surface area (Å²) in [6.07, 6.45) is 0. The van der Waals surface area contributed by atoms with Gasteiger partial charge >= 0.3 is 5.97 Å². The topological polar surface area (TPSA) is 114 Å². The van der Waals surface area contributed by atoms with E-state index in [0.717, 1.165) is 16.7 Å². The average Bonchev–Trinajstić information content (AvgIpc) is 2.81. The molecule has 0 atom stereocenters. The van der Waals surface area contributed by atoms with Crippen molar-refractivity contribution >= 4 is 17.7 Å². The van der Waals surface area contributed by atoms with E-state index >= 15 is 0 Å². The summed E-state index contributed by atoms with van der Waals surface area (Å²) in [5, 5.41) is 10.5. The second-order valence-electron chi connectivity index (χ2n) is 6.82. The van der Waals surface area contributed by atoms with Crippen LogP contribution in [-0.4, -0.2) is 31.9 Å². The first-order chi connectivity index (χ1) is 14.9. The van der Waals surface area contributed by atoms with E-state index in [-0.39, 0.29) is 18.3 Å². The van der Waals surface area contributed by atoms with Crippen LogP contribution < -0.4 is 15.8 Å². The van der Waals surface area contributed by atoms with Gasteiger partial charge in [-0.05, 0) is 65.2 Å². The summed E-state index contributed by atoms with van der Waals surface area (Å²) in [5.41, 5.74) is 9.31. The van der Waals surface area contributed by atoms with Crippen LogP contribution >= 0.6 is 0 Å². The smallest absolute Gasteiger partial charge is 0.337 e. The van der Waals surface area contributed by atoms with Crippen LogP contribution in [0.15, 0.2) is 66.7 Å². The summed E-state index contributed by atoms with van der Waals surface area (Å²) >= 11 is 0. The van der Waals surface area contributed by atoms with E-state index in [9.17, 15) is 9.59 Å². The van der Waals surface area contributed by atoms with Gasteiger partial charge in [-0.1, -0.05) is 18.2 Å². The van der Waals surface area contributed by atoms with Gasteiger partial charge in [0.05, 0.1) is 19.8 Å². The molecular formula is C24H23N3O4. The van der Waals surface area contributed by atoms with Gasteiger partial charge in [-0.25, -0.2) is 4.79 Å². The Morgan fingerprint density at radius 3 is 2.26 bits per heavy atom. The maximum atomic E-state index is 12.5. The minimum Gasteiger partial charge on any atom is -0.497 e. The van der Waals surface area contributed by atoms with Crippen molar-refractivity contribution in [2.24, 2.45) is 5.73 Å². The lowest BCUT2D eigenvalue weighted by atomic mass is 9.98. The lowest BCUT2D eigenvalue weighted by Gasteiger charge is -2.11. The summed E-state index contributed by atoms with van der Waals surface area (Å²) < 4.78 is 9.97. The highest BCUT2D eigenvalue weighted by Gasteiger charge is 2.12. The van der Waals surface area contributed by atoms with Crippen LogP contribution in [-0.2, 0) is 11.3 Å². The van der Waals surface area contributed by atoms with Crippen LogP contribution in [0.5, 0.6) is 5.75 Å². The first kappa shape index (κ1) is 21.6. The first-order valence-corrected chi connectivity index (χ1v) is 9.50. The zero-order valence-corrected chi connectivity index (χ0v) is 17.3. The van der Waals surface area contributed by atoms with Crippen molar-refractivity contribution in [3.63, 3.8) is 0 Å². The van der Waals surface area contributed by atoms with Crippen LogP contribution in [0.2, 0.25) is 0 Å². The summed E-state index contributed by atoms with van der Waals surface area (Å²) in [5.74, 6) is -0.101. The van der Waals surface area contributed by atoms with Gasteiger partial charge in [0.15, 0.2) is 0 Å². The number of methoxy groups -OCH3 is 2. The fraction of sp³-hybridized carbons (Fsp3) is 0.125. The van der Waals surface area contributed by atoms with Gasteiger partial charge in [0.1, 0.15) is 11.6 Å². The van der Waals surface area contributed by atoms with Crippen molar-refractivity contribution in [3.8, 4) is 16.9 Å². The molecule has 0 bridgehead atoms. The number of nitrogens with one attached hydrogen (secondary N) is 2. The van der Waals surface area contributed by atoms with Crippen LogP contribution in [0.3, 0.4) is 0 Å². The molecule has 31 heavy (non-hydrogen) atoms. The molecular weight excluding hydrogens is 394 g/mol. The highest BCUT2D eigenvalue weighted by Crippen LogP contribution is 2.24. The Balaban J connectivity index is 1.88. The Hall–Kier alpha value is -4.13. The molecule has 3 aromatic rings. The molecule has 1 amide bonds. The van der Waals surface area contributed by atoms with E-state index in [1.807, 2.05) is 12.1 Å². The van der Waals surface area contributed by atoms with Gasteiger partial charge < -0.3 is 20.5 Å². The summed E-state index contributed by atoms with van der Waals surface area (Å²) in [7, 11) is 2.88. The molecule has 0 spiro atoms. The normalized spacial score (nSPS) is 10.3. The molecule has 158 valence electrons. The monoisotopic (exact) mass is 417 g/mol. The Kier molecular flexibility index (Phi) is 6.67. The minimum atomic E-state index is -0.479. The average molecular weight is 417 g/mol. The van der Waals surface area contributed by atoms with Crippen LogP contribution in [0, 0.1) is 5.41 Å². The molecule has 7 heteroatoms. The third kappa shape index (κ3) is 5.27. The van der Waals surface area contributed by atoms with Gasteiger partial charge in [0.2, 0.25) is 0 Å². The van der Waals surface area contributed by atoms with E-state index < -0.39 is 5.97 Å². The standard InChI is InChI=1S/C24H23N3O4/c1-30-21-8-6-16(7-9-21)23(28)27-14-15-10-19(13-20(11-15)24(29)31-2)17-4-3-5-18(12-17)22(25)26/h3-13H,14H2,1-2H3,(H3,25,26)(H,27,28). The summed E-state index contributed by atoms with van der Waals surface area (Å²) in [6.45, 7) is 0.217. The molecule has 0 fully saturated rings. The zero-order chi connectivity index (χ0) is 22.4. The van der Waals surface area contributed by atoms with Crippen molar-refractivity contribution in [1.29, 1.82) is 5.41 Å². The molecule has 0 saturated heterocycles. The van der Waals surface area contributed by atoms with Gasteiger partial charge in [0.25, 0.3) is 5.91 Å². The number of nitrogen functional groups attached to an aromatic ring is 1. The lowest BCUT2D eigenvalue weighted by molar-refractivity contribution is 0.0600. The number of esters is 1. The summed E-state index contributed by atoms with van der Waals surface area (Å²) in [6, 6.07) is 19.2. The highest BCUT2D eigenvalue weighted by molar-refractivity contribution is 5.97. The third-order valence-corrected chi connectivity index (χ3v) is 4.73. The molecule has 0 unspecified atom stereocenters. The van der Waals surface area contributed by atoms with E-state index in [1.54, 1.807) is 61.7 Å². The number of carbonyl (C=O) groups excluding carboxylic acids is 2. The third-order valence-electron chi connectivity index (χ3n) is 4.73. The number of carbonyl (C=O) groups is 2. The molecule has 0 aromatic heterocycles. The number of hydrogen-bond donors (Lipinski definition) is 3. The zero-order valence-electron chi connectivity index (χ0n) is 17.3. The Morgan fingerprint density at radius 1 is 0.903 bits per heavy atom. The predicted octanol–water partition coefficient (Wildman–Crippen LogP) is 3.36. The van der Waals surface area contributed by atoms with Crippen molar-refractivity contribution in [2.45, 2.75) is 6.54 Å². The number of benzene rings is 3. The fourth-order valence-corrected chi connectivity index (χ4v) is 3.09. The predicted molar refractivity (Wildman–Crippen MR) is 118 cm³/mol. The van der Waals surface area contributed by atoms with E-state index in [0.29, 0.717) is 22.4 Å². The quantitative estimate of drug-likeness (QED) is 0.310. The number of ether oxygens (including phenoxy) is 2. The number of nitrogens with two attached hydrogens (primary N) is 1. The molecule has 7 nitrogen and oxygen atoms in total. The second kappa shape index (κ2) is 9.58. The van der Waals surface area contributed by atoms with Crippen LogP contribution in [0.25, 0.3) is 11.1 Å². The van der Waals surface area contributed by atoms with Crippen molar-refractivity contribution < 1.29 is 19.1 Å². The summed E-state index contributed by atoms with van der Waals surface area (Å²) in [4.78, 5) is 24.7. The first-order valence-electron chi connectivity index (χ1n) is 9.50. The van der Waals surface area contributed by atoms with Gasteiger partial charge in [-0.2, -0.15) is 0 Å². The van der Waals surface area contributed by atoms with Crippen molar-refractivity contribution in [3.05, 3.63) is 89.0 Å². The van der Waals surface area contributed by atoms with Crippen molar-refractivity contribution in [1.82, 2.24) is 5.32 Å². The van der Waals surface area contributed by atoms with Gasteiger partial charge in [-0.15, -0.1) is 0 Å². The molecule has 0 heterocycles. The maximum absolute atomic E-state index is 12.5. The Bertz CT molecular complexity index is 1120. The molecule has 4 N–H and O–H groups in total. The van der Waals surface area contributed by atoms with Crippen LogP contribution in [0.4, 0.5) is 0 Å². The molecule has 3 aromatic carbocycles. The second-order valence-corrected chi connectivity index (χ2v) is 6.82. The SMILES string of the molecule is COC(=O)c1cc(CNC(=O)c2ccc(OC)cc2)cc(-c2cccc(C(=N)N)c2)c1. The number of amidine groups is 1. The molecule has 0 radical (unpaired) electrons. The Morgan fingerprint density at radius 2 is 1.61 bits per heavy atom. The minimum absolute atomic E-state index is 0.0436. The number of amides is 1. The van der Waals surface area contributed by atoms with Gasteiger partial charge in [-0.3, -0.25) is 10.2 Å². The fourth-order valence-electron chi connectivity index (χ4n) is 3.09. The largest absolute Gasteiger partial charge is 0.497 e. The molecule has 0 aliphatic carbocycles. The molecule has 3 rings (SSSR count). The maximum Gasteiger partial charge on any atom is 0.337 e. The van der Waals surface area contributed by atoms with E-state index in [2.05, 4.69) is 5.32 Å². The van der Waals surface area contributed by atoms with E-state index in [1.165, 1.54) is 7.11 Å². The molecule has 0 saturated carbocycles. The number of hydrogen-bond acceptors (Lipinski definition) is 5. The Labute approximate surface area is 180 Å². The highest BCUT2D eigenvalue weighted by atomic mass is 16.5.